The minimum atomic E-state index is -1.12. The quantitative estimate of drug-likeness (QED) is 0.545. The highest BCUT2D eigenvalue weighted by atomic mass is 35.5. The molecule has 1 unspecified atom stereocenters. The number of likely N-dealkylation sites (tertiary alicyclic amines) is 1. The highest BCUT2D eigenvalue weighted by Gasteiger charge is 2.50. The molecule has 1 saturated carbocycles. The van der Waals surface area contributed by atoms with Crippen molar-refractivity contribution in [3.63, 3.8) is 0 Å². The number of hydrogen-bond acceptors (Lipinski definition) is 6. The molecular formula is C28H34ClN3O6. The van der Waals surface area contributed by atoms with Crippen LogP contribution in [0.25, 0.3) is 0 Å². The standard InChI is InChI=1S/C28H34ClN3O6/c1-17-14-18(30-38-17)16-37-23-9-8-21(29)19-10-13-32(22(25(19)23)15-31-12-5-7-24(31)33)26(34)20-6-3-4-11-28(20,2)27(35)36/h8-9,14,20,22H,3-7,10-13,15-16H2,1-2H3,(H,35,36)/t20?,22-,28-/m1/s1. The van der Waals surface area contributed by atoms with Crippen molar-refractivity contribution in [2.45, 2.75) is 71.4 Å². The van der Waals surface area contributed by atoms with Gasteiger partial charge in [0.2, 0.25) is 11.8 Å². The first-order valence-corrected chi connectivity index (χ1v) is 13.7. The minimum absolute atomic E-state index is 0.0557. The van der Waals surface area contributed by atoms with E-state index in [9.17, 15) is 19.5 Å². The van der Waals surface area contributed by atoms with Crippen LogP contribution in [-0.4, -0.2) is 57.5 Å². The number of rotatable bonds is 7. The molecule has 3 aliphatic rings. The third kappa shape index (κ3) is 4.88. The lowest BCUT2D eigenvalue weighted by atomic mass is 9.66. The van der Waals surface area contributed by atoms with Crippen molar-refractivity contribution in [1.29, 1.82) is 0 Å². The Morgan fingerprint density at radius 1 is 1.24 bits per heavy atom. The van der Waals surface area contributed by atoms with Crippen molar-refractivity contribution in [3.05, 3.63) is 45.8 Å². The lowest BCUT2D eigenvalue weighted by Crippen LogP contribution is -2.52. The molecule has 1 N–H and O–H groups in total. The second kappa shape index (κ2) is 10.6. The molecule has 5 rings (SSSR count). The van der Waals surface area contributed by atoms with Gasteiger partial charge in [0, 0.05) is 42.7 Å². The normalized spacial score (nSPS) is 25.4. The fraction of sp³-hybridized carbons (Fsp3) is 0.571. The summed E-state index contributed by atoms with van der Waals surface area (Å²) >= 11 is 6.66. The Balaban J connectivity index is 1.53. The van der Waals surface area contributed by atoms with Gasteiger partial charge in [-0.15, -0.1) is 0 Å². The number of carboxylic acid groups (broad SMARTS) is 1. The highest BCUT2D eigenvalue weighted by Crippen LogP contribution is 2.46. The van der Waals surface area contributed by atoms with Crippen molar-refractivity contribution in [2.24, 2.45) is 11.3 Å². The maximum Gasteiger partial charge on any atom is 0.310 e. The number of fused-ring (bicyclic) bond motifs is 1. The Labute approximate surface area is 227 Å². The summed E-state index contributed by atoms with van der Waals surface area (Å²) in [7, 11) is 0. The van der Waals surface area contributed by atoms with E-state index in [-0.39, 0.29) is 18.4 Å². The molecule has 0 spiro atoms. The first-order chi connectivity index (χ1) is 18.2. The predicted molar refractivity (Wildman–Crippen MR) is 139 cm³/mol. The molecule has 2 fully saturated rings. The maximum atomic E-state index is 14.2. The van der Waals surface area contributed by atoms with Crippen LogP contribution in [0, 0.1) is 18.3 Å². The number of carbonyl (C=O) groups excluding carboxylic acids is 2. The molecule has 1 aromatic carbocycles. The zero-order chi connectivity index (χ0) is 27.0. The van der Waals surface area contributed by atoms with Crippen LogP contribution in [0.15, 0.2) is 22.7 Å². The zero-order valence-corrected chi connectivity index (χ0v) is 22.6. The van der Waals surface area contributed by atoms with Gasteiger partial charge in [-0.1, -0.05) is 29.6 Å². The molecule has 1 saturated heterocycles. The Morgan fingerprint density at radius 2 is 2.05 bits per heavy atom. The number of nitrogens with zero attached hydrogens (tertiary/aromatic N) is 3. The molecule has 3 atom stereocenters. The van der Waals surface area contributed by atoms with E-state index in [2.05, 4.69) is 5.16 Å². The Kier molecular flexibility index (Phi) is 7.40. The molecule has 10 heteroatoms. The molecule has 2 aliphatic heterocycles. The van der Waals surface area contributed by atoms with Crippen molar-refractivity contribution >= 4 is 29.4 Å². The van der Waals surface area contributed by atoms with E-state index in [1.165, 1.54) is 0 Å². The summed E-state index contributed by atoms with van der Waals surface area (Å²) in [5, 5.41) is 14.7. The lowest BCUT2D eigenvalue weighted by molar-refractivity contribution is -0.162. The number of halogens is 1. The predicted octanol–water partition coefficient (Wildman–Crippen LogP) is 4.54. The summed E-state index contributed by atoms with van der Waals surface area (Å²) in [5.41, 5.74) is 1.19. The summed E-state index contributed by atoms with van der Waals surface area (Å²) in [6.45, 7) is 5.01. The molecule has 1 aliphatic carbocycles. The van der Waals surface area contributed by atoms with Gasteiger partial charge in [0.25, 0.3) is 0 Å². The first-order valence-electron chi connectivity index (χ1n) is 13.4. The maximum absolute atomic E-state index is 14.2. The van der Waals surface area contributed by atoms with Crippen molar-refractivity contribution in [3.8, 4) is 5.75 Å². The van der Waals surface area contributed by atoms with Crippen molar-refractivity contribution in [2.75, 3.05) is 19.6 Å². The van der Waals surface area contributed by atoms with Gasteiger partial charge in [-0.25, -0.2) is 0 Å². The van der Waals surface area contributed by atoms with E-state index in [0.717, 1.165) is 30.4 Å². The first kappa shape index (κ1) is 26.5. The topological polar surface area (TPSA) is 113 Å². The third-order valence-corrected chi connectivity index (χ3v) is 8.82. The van der Waals surface area contributed by atoms with E-state index in [0.29, 0.717) is 67.5 Å². The van der Waals surface area contributed by atoms with E-state index in [1.54, 1.807) is 34.9 Å². The number of aliphatic carboxylic acids is 1. The van der Waals surface area contributed by atoms with Gasteiger partial charge in [0.05, 0.1) is 17.4 Å². The van der Waals surface area contributed by atoms with Gasteiger partial charge >= 0.3 is 5.97 Å². The van der Waals surface area contributed by atoms with Crippen LogP contribution >= 0.6 is 11.6 Å². The number of aryl methyl sites for hydroxylation is 1. The largest absolute Gasteiger partial charge is 0.487 e. The molecule has 2 amide bonds. The monoisotopic (exact) mass is 543 g/mol. The SMILES string of the molecule is Cc1cc(COc2ccc(Cl)c3c2[C@@H](CN2CCCC2=O)N(C(=O)C2CCCC[C@@]2(C)C(=O)O)CC3)no1. The van der Waals surface area contributed by atoms with E-state index in [4.69, 9.17) is 20.9 Å². The van der Waals surface area contributed by atoms with E-state index in [1.807, 2.05) is 6.92 Å². The molecule has 2 aromatic rings. The smallest absolute Gasteiger partial charge is 0.310 e. The van der Waals surface area contributed by atoms with Crippen LogP contribution in [0.1, 0.15) is 74.1 Å². The van der Waals surface area contributed by atoms with Gasteiger partial charge in [-0.3, -0.25) is 14.4 Å². The number of ether oxygens (including phenoxy) is 1. The van der Waals surface area contributed by atoms with Gasteiger partial charge < -0.3 is 24.2 Å². The summed E-state index contributed by atoms with van der Waals surface area (Å²) in [6.07, 6.45) is 4.38. The Hall–Kier alpha value is -3.07. The number of hydrogen-bond donors (Lipinski definition) is 1. The van der Waals surface area contributed by atoms with Gasteiger partial charge in [0.1, 0.15) is 23.8 Å². The molecule has 0 bridgehead atoms. The van der Waals surface area contributed by atoms with Crippen LogP contribution in [-0.2, 0) is 27.4 Å². The minimum Gasteiger partial charge on any atom is -0.487 e. The average Bonchev–Trinajstić information content (AvgIpc) is 3.50. The number of benzene rings is 1. The van der Waals surface area contributed by atoms with Gasteiger partial charge in [-0.05, 0) is 57.2 Å². The summed E-state index contributed by atoms with van der Waals surface area (Å²) in [5.74, 6) is -0.431. The number of aromatic nitrogens is 1. The third-order valence-electron chi connectivity index (χ3n) is 8.47. The van der Waals surface area contributed by atoms with Crippen LogP contribution in [0.2, 0.25) is 5.02 Å². The molecule has 1 aromatic heterocycles. The van der Waals surface area contributed by atoms with E-state index >= 15 is 0 Å². The fourth-order valence-electron chi connectivity index (χ4n) is 6.29. The molecule has 3 heterocycles. The molecule has 204 valence electrons. The van der Waals surface area contributed by atoms with E-state index < -0.39 is 23.3 Å². The van der Waals surface area contributed by atoms with Crippen molar-refractivity contribution < 1.29 is 28.8 Å². The number of carbonyl (C=O) groups is 3. The molecule has 38 heavy (non-hydrogen) atoms. The highest BCUT2D eigenvalue weighted by molar-refractivity contribution is 6.31. The second-order valence-electron chi connectivity index (χ2n) is 10.9. The Bertz CT molecular complexity index is 1250. The van der Waals surface area contributed by atoms with Gasteiger partial charge in [0.15, 0.2) is 0 Å². The van der Waals surface area contributed by atoms with Crippen LogP contribution in [0.3, 0.4) is 0 Å². The number of amides is 2. The zero-order valence-electron chi connectivity index (χ0n) is 21.9. The Morgan fingerprint density at radius 3 is 2.74 bits per heavy atom. The molecular weight excluding hydrogens is 510 g/mol. The summed E-state index contributed by atoms with van der Waals surface area (Å²) in [6, 6.07) is 4.89. The number of carboxylic acids is 1. The lowest BCUT2D eigenvalue weighted by Gasteiger charge is -2.45. The summed E-state index contributed by atoms with van der Waals surface area (Å²) in [4.78, 5) is 42.8. The van der Waals surface area contributed by atoms with Crippen LogP contribution < -0.4 is 4.74 Å². The average molecular weight is 544 g/mol. The van der Waals surface area contributed by atoms with Gasteiger partial charge in [-0.2, -0.15) is 0 Å². The van der Waals surface area contributed by atoms with Crippen LogP contribution in [0.5, 0.6) is 5.75 Å². The second-order valence-corrected chi connectivity index (χ2v) is 11.3. The summed E-state index contributed by atoms with van der Waals surface area (Å²) < 4.78 is 11.4. The molecule has 9 nitrogen and oxygen atoms in total. The fourth-order valence-corrected chi connectivity index (χ4v) is 6.55. The van der Waals surface area contributed by atoms with Crippen LogP contribution in [0.4, 0.5) is 0 Å². The molecule has 0 radical (unpaired) electrons. The van der Waals surface area contributed by atoms with Crippen molar-refractivity contribution in [1.82, 2.24) is 15.0 Å².